The van der Waals surface area contributed by atoms with E-state index >= 15 is 0 Å². The van der Waals surface area contributed by atoms with Gasteiger partial charge in [-0.05, 0) is 43.3 Å². The lowest BCUT2D eigenvalue weighted by Gasteiger charge is -2.14. The van der Waals surface area contributed by atoms with Crippen molar-refractivity contribution in [2.75, 3.05) is 5.32 Å². The Balaban J connectivity index is 1.62. The topological polar surface area (TPSA) is 86.1 Å². The third-order valence-electron chi connectivity index (χ3n) is 3.56. The third-order valence-corrected chi connectivity index (χ3v) is 3.80. The number of esters is 1. The Morgan fingerprint density at radius 3 is 2.74 bits per heavy atom. The van der Waals surface area contributed by atoms with Gasteiger partial charge in [-0.3, -0.25) is 4.79 Å². The Hall–Kier alpha value is -3.26. The van der Waals surface area contributed by atoms with Gasteiger partial charge in [0.1, 0.15) is 5.82 Å². The van der Waals surface area contributed by atoms with Crippen LogP contribution in [-0.2, 0) is 9.53 Å². The maximum Gasteiger partial charge on any atom is 0.340 e. The van der Waals surface area contributed by atoms with E-state index < -0.39 is 23.8 Å². The van der Waals surface area contributed by atoms with Crippen LogP contribution < -0.4 is 5.32 Å². The fourth-order valence-electron chi connectivity index (χ4n) is 2.15. The fourth-order valence-corrected chi connectivity index (χ4v) is 2.31. The molecule has 1 atom stereocenters. The number of hydrogen-bond donors (Lipinski definition) is 1. The van der Waals surface area contributed by atoms with Crippen molar-refractivity contribution in [3.63, 3.8) is 0 Å². The maximum absolute atomic E-state index is 13.7. The van der Waals surface area contributed by atoms with Crippen LogP contribution in [0.2, 0.25) is 5.02 Å². The number of benzene rings is 1. The van der Waals surface area contributed by atoms with Gasteiger partial charge in [0.25, 0.3) is 5.91 Å². The number of amides is 1. The molecule has 3 aromatic rings. The van der Waals surface area contributed by atoms with Crippen molar-refractivity contribution in [1.82, 2.24) is 14.8 Å². The minimum Gasteiger partial charge on any atom is -0.449 e. The van der Waals surface area contributed by atoms with Crippen LogP contribution in [0, 0.1) is 5.82 Å². The summed E-state index contributed by atoms with van der Waals surface area (Å²) < 4.78 is 20.4. The minimum atomic E-state index is -1.14. The number of rotatable bonds is 5. The van der Waals surface area contributed by atoms with Crippen LogP contribution in [0.4, 0.5) is 10.1 Å². The van der Waals surface area contributed by atoms with Crippen molar-refractivity contribution in [3.8, 4) is 5.82 Å². The van der Waals surface area contributed by atoms with E-state index in [2.05, 4.69) is 15.4 Å². The number of carbonyl (C=O) groups excluding carboxylic acids is 2. The molecule has 0 spiro atoms. The van der Waals surface area contributed by atoms with Crippen LogP contribution in [0.1, 0.15) is 17.3 Å². The largest absolute Gasteiger partial charge is 0.449 e. The standard InChI is InChI=1S/C18H14ClFN4O3/c1-11(17(25)23-15-5-4-13(19)9-14(15)20)27-18(26)12-3-6-16(21-10-12)24-8-2-7-22-24/h2-11H,1H3,(H,23,25). The number of nitrogens with zero attached hydrogens (tertiary/aromatic N) is 3. The predicted molar refractivity (Wildman–Crippen MR) is 96.3 cm³/mol. The first-order chi connectivity index (χ1) is 12.9. The van der Waals surface area contributed by atoms with Crippen LogP contribution in [0.15, 0.2) is 55.0 Å². The molecule has 0 saturated heterocycles. The molecule has 0 radical (unpaired) electrons. The number of pyridine rings is 1. The zero-order valence-corrected chi connectivity index (χ0v) is 14.9. The number of halogens is 2. The first-order valence-electron chi connectivity index (χ1n) is 7.87. The number of nitrogens with one attached hydrogen (secondary N) is 1. The molecule has 9 heteroatoms. The summed E-state index contributed by atoms with van der Waals surface area (Å²) in [5.74, 6) is -1.56. The molecule has 1 N–H and O–H groups in total. The molecule has 2 aromatic heterocycles. The summed E-state index contributed by atoms with van der Waals surface area (Å²) in [4.78, 5) is 28.4. The second kappa shape index (κ2) is 7.96. The van der Waals surface area contributed by atoms with Crippen molar-refractivity contribution < 1.29 is 18.7 Å². The zero-order valence-electron chi connectivity index (χ0n) is 14.1. The Morgan fingerprint density at radius 2 is 2.11 bits per heavy atom. The first kappa shape index (κ1) is 18.5. The van der Waals surface area contributed by atoms with Gasteiger partial charge < -0.3 is 10.1 Å². The van der Waals surface area contributed by atoms with Gasteiger partial charge in [0, 0.05) is 23.6 Å². The molecule has 27 heavy (non-hydrogen) atoms. The van der Waals surface area contributed by atoms with Gasteiger partial charge in [-0.25, -0.2) is 18.9 Å². The molecule has 138 valence electrons. The molecule has 0 aliphatic rings. The summed E-state index contributed by atoms with van der Waals surface area (Å²) in [5, 5.41) is 6.58. The van der Waals surface area contributed by atoms with Gasteiger partial charge in [0.05, 0.1) is 11.3 Å². The van der Waals surface area contributed by atoms with Crippen molar-refractivity contribution >= 4 is 29.2 Å². The second-order valence-corrected chi connectivity index (χ2v) is 5.95. The van der Waals surface area contributed by atoms with Crippen LogP contribution in [-0.4, -0.2) is 32.7 Å². The molecule has 1 unspecified atom stereocenters. The summed E-state index contributed by atoms with van der Waals surface area (Å²) in [6.07, 6.45) is 3.50. The molecule has 2 heterocycles. The van der Waals surface area contributed by atoms with Gasteiger partial charge in [-0.2, -0.15) is 5.10 Å². The van der Waals surface area contributed by atoms with Crippen LogP contribution >= 0.6 is 11.6 Å². The van der Waals surface area contributed by atoms with E-state index in [0.717, 1.165) is 6.07 Å². The Morgan fingerprint density at radius 1 is 1.30 bits per heavy atom. The van der Waals surface area contributed by atoms with Crippen molar-refractivity contribution in [2.24, 2.45) is 0 Å². The lowest BCUT2D eigenvalue weighted by molar-refractivity contribution is -0.123. The maximum atomic E-state index is 13.7. The quantitative estimate of drug-likeness (QED) is 0.678. The Labute approximate surface area is 158 Å². The van der Waals surface area contributed by atoms with Crippen molar-refractivity contribution in [3.05, 3.63) is 71.4 Å². The van der Waals surface area contributed by atoms with E-state index in [1.165, 1.54) is 36.0 Å². The molecule has 0 saturated carbocycles. The van der Waals surface area contributed by atoms with Crippen LogP contribution in [0.5, 0.6) is 0 Å². The molecule has 0 aliphatic carbocycles. The normalized spacial score (nSPS) is 11.7. The van der Waals surface area contributed by atoms with Gasteiger partial charge in [0.15, 0.2) is 11.9 Å². The van der Waals surface area contributed by atoms with Crippen molar-refractivity contribution in [1.29, 1.82) is 0 Å². The smallest absolute Gasteiger partial charge is 0.340 e. The third kappa shape index (κ3) is 4.48. The van der Waals surface area contributed by atoms with Gasteiger partial charge >= 0.3 is 5.97 Å². The van der Waals surface area contributed by atoms with Crippen molar-refractivity contribution in [2.45, 2.75) is 13.0 Å². The average molecular weight is 389 g/mol. The molecule has 0 aliphatic heterocycles. The first-order valence-corrected chi connectivity index (χ1v) is 8.25. The molecule has 0 fully saturated rings. The second-order valence-electron chi connectivity index (χ2n) is 5.52. The molecular formula is C18H14ClFN4O3. The monoisotopic (exact) mass is 388 g/mol. The van der Waals surface area contributed by atoms with E-state index in [0.29, 0.717) is 5.82 Å². The Bertz CT molecular complexity index is 961. The summed E-state index contributed by atoms with van der Waals surface area (Å²) in [6.45, 7) is 1.38. The molecular weight excluding hydrogens is 375 g/mol. The van der Waals surface area contributed by atoms with E-state index in [9.17, 15) is 14.0 Å². The van der Waals surface area contributed by atoms with E-state index in [1.54, 1.807) is 24.5 Å². The van der Waals surface area contributed by atoms with E-state index in [1.807, 2.05) is 0 Å². The molecule has 0 bridgehead atoms. The predicted octanol–water partition coefficient (Wildman–Crippen LogP) is 3.24. The summed E-state index contributed by atoms with van der Waals surface area (Å²) in [6, 6.07) is 8.67. The molecule has 7 nitrogen and oxygen atoms in total. The summed E-state index contributed by atoms with van der Waals surface area (Å²) in [5.41, 5.74) is 0.112. The number of ether oxygens (including phenoxy) is 1. The van der Waals surface area contributed by atoms with E-state index in [4.69, 9.17) is 16.3 Å². The summed E-state index contributed by atoms with van der Waals surface area (Å²) >= 11 is 5.66. The Kier molecular flexibility index (Phi) is 5.46. The highest BCUT2D eigenvalue weighted by Crippen LogP contribution is 2.19. The van der Waals surface area contributed by atoms with Crippen LogP contribution in [0.25, 0.3) is 5.82 Å². The van der Waals surface area contributed by atoms with Gasteiger partial charge in [0.2, 0.25) is 0 Å². The lowest BCUT2D eigenvalue weighted by atomic mass is 10.2. The zero-order chi connectivity index (χ0) is 19.4. The number of hydrogen-bond acceptors (Lipinski definition) is 5. The SMILES string of the molecule is CC(OC(=O)c1ccc(-n2cccn2)nc1)C(=O)Nc1ccc(Cl)cc1F. The summed E-state index contributed by atoms with van der Waals surface area (Å²) in [7, 11) is 0. The highest BCUT2D eigenvalue weighted by atomic mass is 35.5. The van der Waals surface area contributed by atoms with Crippen LogP contribution in [0.3, 0.4) is 0 Å². The van der Waals surface area contributed by atoms with Gasteiger partial charge in [-0.15, -0.1) is 0 Å². The molecule has 1 aromatic carbocycles. The average Bonchev–Trinajstić information content (AvgIpc) is 3.18. The number of carbonyl (C=O) groups is 2. The minimum absolute atomic E-state index is 0.0578. The highest BCUT2D eigenvalue weighted by Gasteiger charge is 2.20. The fraction of sp³-hybridized carbons (Fsp3) is 0.111. The molecule has 3 rings (SSSR count). The highest BCUT2D eigenvalue weighted by molar-refractivity contribution is 6.30. The lowest BCUT2D eigenvalue weighted by Crippen LogP contribution is -2.30. The van der Waals surface area contributed by atoms with Gasteiger partial charge in [-0.1, -0.05) is 11.6 Å². The van der Waals surface area contributed by atoms with E-state index in [-0.39, 0.29) is 16.3 Å². The number of aromatic nitrogens is 3. The molecule has 1 amide bonds. The number of anilines is 1.